The molecule has 3 N–H and O–H groups in total. The molecule has 0 saturated heterocycles. The van der Waals surface area contributed by atoms with E-state index < -0.39 is 0 Å². The quantitative estimate of drug-likeness (QED) is 0.759. The lowest BCUT2D eigenvalue weighted by Gasteiger charge is -2.07. The van der Waals surface area contributed by atoms with E-state index in [-0.39, 0.29) is 5.95 Å². The Morgan fingerprint density at radius 3 is 2.65 bits per heavy atom. The van der Waals surface area contributed by atoms with Crippen molar-refractivity contribution in [2.75, 3.05) is 11.1 Å². The predicted octanol–water partition coefficient (Wildman–Crippen LogP) is 2.93. The Morgan fingerprint density at radius 2 is 1.90 bits per heavy atom. The number of hydrogen-bond acceptors (Lipinski definition) is 5. The first-order valence-corrected chi connectivity index (χ1v) is 6.27. The minimum Gasteiger partial charge on any atom is -0.467 e. The molecule has 0 radical (unpaired) electrons. The summed E-state index contributed by atoms with van der Waals surface area (Å²) >= 11 is 0. The maximum absolute atomic E-state index is 5.76. The summed E-state index contributed by atoms with van der Waals surface area (Å²) in [5.41, 5.74) is 7.55. The fourth-order valence-electron chi connectivity index (χ4n) is 1.90. The minimum absolute atomic E-state index is 0.244. The number of aromatic nitrogens is 2. The van der Waals surface area contributed by atoms with Crippen LogP contribution >= 0.6 is 0 Å². The van der Waals surface area contributed by atoms with E-state index in [2.05, 4.69) is 15.3 Å². The van der Waals surface area contributed by atoms with Crippen molar-refractivity contribution in [3.05, 3.63) is 60.6 Å². The van der Waals surface area contributed by atoms with Crippen molar-refractivity contribution in [2.24, 2.45) is 0 Å². The monoisotopic (exact) mass is 266 g/mol. The Hall–Kier alpha value is -2.82. The third-order valence-corrected chi connectivity index (χ3v) is 2.84. The van der Waals surface area contributed by atoms with Gasteiger partial charge in [-0.2, -0.15) is 4.98 Å². The summed E-state index contributed by atoms with van der Waals surface area (Å²) in [6.07, 6.45) is 1.64. The Balaban J connectivity index is 1.83. The van der Waals surface area contributed by atoms with Gasteiger partial charge in [-0.05, 0) is 12.1 Å². The summed E-state index contributed by atoms with van der Waals surface area (Å²) in [6, 6.07) is 15.5. The van der Waals surface area contributed by atoms with Crippen molar-refractivity contribution in [3.8, 4) is 11.3 Å². The van der Waals surface area contributed by atoms with Crippen molar-refractivity contribution < 1.29 is 4.42 Å². The zero-order valence-corrected chi connectivity index (χ0v) is 10.8. The van der Waals surface area contributed by atoms with Gasteiger partial charge in [0.05, 0.1) is 18.5 Å². The maximum Gasteiger partial charge on any atom is 0.222 e. The van der Waals surface area contributed by atoms with E-state index in [1.165, 1.54) is 0 Å². The molecule has 5 nitrogen and oxygen atoms in total. The number of nitrogens with one attached hydrogen (secondary N) is 1. The zero-order chi connectivity index (χ0) is 13.8. The van der Waals surface area contributed by atoms with Gasteiger partial charge in [0.2, 0.25) is 5.95 Å². The maximum atomic E-state index is 5.76. The lowest BCUT2D eigenvalue weighted by molar-refractivity contribution is 0.518. The van der Waals surface area contributed by atoms with Crippen LogP contribution in [0.25, 0.3) is 11.3 Å². The molecule has 100 valence electrons. The van der Waals surface area contributed by atoms with Gasteiger partial charge >= 0.3 is 0 Å². The molecule has 2 aromatic heterocycles. The van der Waals surface area contributed by atoms with E-state index in [0.717, 1.165) is 17.0 Å². The summed E-state index contributed by atoms with van der Waals surface area (Å²) < 4.78 is 5.26. The van der Waals surface area contributed by atoms with E-state index in [4.69, 9.17) is 10.2 Å². The molecule has 20 heavy (non-hydrogen) atoms. The summed E-state index contributed by atoms with van der Waals surface area (Å²) in [5, 5.41) is 3.17. The Labute approximate surface area is 116 Å². The Morgan fingerprint density at radius 1 is 1.05 bits per heavy atom. The van der Waals surface area contributed by atoms with Crippen LogP contribution < -0.4 is 11.1 Å². The Bertz CT molecular complexity index is 680. The molecule has 0 bridgehead atoms. The molecule has 0 atom stereocenters. The molecule has 3 aromatic rings. The molecular weight excluding hydrogens is 252 g/mol. The molecule has 0 amide bonds. The molecule has 0 spiro atoms. The number of anilines is 2. The van der Waals surface area contributed by atoms with Crippen molar-refractivity contribution in [3.63, 3.8) is 0 Å². The fraction of sp³-hybridized carbons (Fsp3) is 0.0667. The second-order valence-corrected chi connectivity index (χ2v) is 4.30. The van der Waals surface area contributed by atoms with Gasteiger partial charge in [0.1, 0.15) is 11.6 Å². The number of nitrogen functional groups attached to an aromatic ring is 1. The second-order valence-electron chi connectivity index (χ2n) is 4.30. The van der Waals surface area contributed by atoms with Crippen molar-refractivity contribution in [1.29, 1.82) is 0 Å². The Kier molecular flexibility index (Phi) is 3.33. The second kappa shape index (κ2) is 5.44. The summed E-state index contributed by atoms with van der Waals surface area (Å²) in [6.45, 7) is 0.553. The standard InChI is InChI=1S/C15H14N4O/c16-15-18-13(11-5-2-1-3-6-11)9-14(19-15)17-10-12-7-4-8-20-12/h1-9H,10H2,(H3,16,17,18,19). The van der Waals surface area contributed by atoms with E-state index in [1.807, 2.05) is 48.5 Å². The predicted molar refractivity (Wildman–Crippen MR) is 77.9 cm³/mol. The average molecular weight is 266 g/mol. The van der Waals surface area contributed by atoms with Gasteiger partial charge < -0.3 is 15.5 Å². The van der Waals surface area contributed by atoms with Gasteiger partial charge in [-0.1, -0.05) is 30.3 Å². The van der Waals surface area contributed by atoms with Gasteiger partial charge in [0.15, 0.2) is 0 Å². The first-order valence-electron chi connectivity index (χ1n) is 6.27. The van der Waals surface area contributed by atoms with E-state index in [1.54, 1.807) is 6.26 Å². The molecule has 3 rings (SSSR count). The highest BCUT2D eigenvalue weighted by molar-refractivity contribution is 5.63. The molecule has 0 aliphatic carbocycles. The third kappa shape index (κ3) is 2.77. The lowest BCUT2D eigenvalue weighted by atomic mass is 10.1. The van der Waals surface area contributed by atoms with Crippen LogP contribution in [0.15, 0.2) is 59.2 Å². The summed E-state index contributed by atoms with van der Waals surface area (Å²) in [7, 11) is 0. The van der Waals surface area contributed by atoms with Crippen LogP contribution in [-0.4, -0.2) is 9.97 Å². The smallest absolute Gasteiger partial charge is 0.222 e. The topological polar surface area (TPSA) is 77.0 Å². The third-order valence-electron chi connectivity index (χ3n) is 2.84. The summed E-state index contributed by atoms with van der Waals surface area (Å²) in [5.74, 6) is 1.75. The number of furan rings is 1. The van der Waals surface area contributed by atoms with E-state index in [0.29, 0.717) is 12.4 Å². The van der Waals surface area contributed by atoms with Gasteiger partial charge in [-0.15, -0.1) is 0 Å². The average Bonchev–Trinajstić information content (AvgIpc) is 2.99. The number of rotatable bonds is 4. The number of hydrogen-bond donors (Lipinski definition) is 2. The van der Waals surface area contributed by atoms with Gasteiger partial charge in [0, 0.05) is 11.6 Å². The molecule has 1 aromatic carbocycles. The molecule has 0 unspecified atom stereocenters. The van der Waals surface area contributed by atoms with Crippen LogP contribution in [0.5, 0.6) is 0 Å². The van der Waals surface area contributed by atoms with Crippen molar-refractivity contribution in [1.82, 2.24) is 9.97 Å². The van der Waals surface area contributed by atoms with Gasteiger partial charge in [-0.3, -0.25) is 0 Å². The van der Waals surface area contributed by atoms with Crippen LogP contribution in [0.3, 0.4) is 0 Å². The molecule has 2 heterocycles. The minimum atomic E-state index is 0.244. The van der Waals surface area contributed by atoms with Crippen LogP contribution in [0.4, 0.5) is 11.8 Å². The molecule has 0 fully saturated rings. The van der Waals surface area contributed by atoms with Gasteiger partial charge in [-0.25, -0.2) is 4.98 Å². The van der Waals surface area contributed by atoms with Gasteiger partial charge in [0.25, 0.3) is 0 Å². The largest absolute Gasteiger partial charge is 0.467 e. The fourth-order valence-corrected chi connectivity index (χ4v) is 1.90. The highest BCUT2D eigenvalue weighted by Crippen LogP contribution is 2.20. The zero-order valence-electron chi connectivity index (χ0n) is 10.8. The van der Waals surface area contributed by atoms with E-state index in [9.17, 15) is 0 Å². The number of nitrogens with two attached hydrogens (primary N) is 1. The van der Waals surface area contributed by atoms with Crippen LogP contribution in [0.1, 0.15) is 5.76 Å². The normalized spacial score (nSPS) is 10.4. The van der Waals surface area contributed by atoms with Crippen molar-refractivity contribution >= 4 is 11.8 Å². The highest BCUT2D eigenvalue weighted by atomic mass is 16.3. The van der Waals surface area contributed by atoms with E-state index >= 15 is 0 Å². The van der Waals surface area contributed by atoms with Crippen LogP contribution in [0.2, 0.25) is 0 Å². The number of nitrogens with zero attached hydrogens (tertiary/aromatic N) is 2. The van der Waals surface area contributed by atoms with Crippen LogP contribution in [0, 0.1) is 0 Å². The first kappa shape index (κ1) is 12.2. The SMILES string of the molecule is Nc1nc(NCc2ccco2)cc(-c2ccccc2)n1. The molecule has 0 aliphatic heterocycles. The molecule has 0 aliphatic rings. The van der Waals surface area contributed by atoms with Crippen LogP contribution in [-0.2, 0) is 6.54 Å². The molecular formula is C15H14N4O. The molecule has 5 heteroatoms. The summed E-state index contributed by atoms with van der Waals surface area (Å²) in [4.78, 5) is 8.42. The lowest BCUT2D eigenvalue weighted by Crippen LogP contribution is -2.04. The molecule has 0 saturated carbocycles. The number of benzene rings is 1. The van der Waals surface area contributed by atoms with Crippen molar-refractivity contribution in [2.45, 2.75) is 6.54 Å². The highest BCUT2D eigenvalue weighted by Gasteiger charge is 2.05. The first-order chi connectivity index (χ1) is 9.81.